The Bertz CT molecular complexity index is 1120. The maximum atomic E-state index is 12.6. The molecule has 1 N–H and O–H groups in total. The summed E-state index contributed by atoms with van der Waals surface area (Å²) in [7, 11) is 3.00. The molecule has 3 aromatic rings. The molecule has 1 aliphatic heterocycles. The van der Waals surface area contributed by atoms with Gasteiger partial charge in [0.2, 0.25) is 5.13 Å². The van der Waals surface area contributed by atoms with Crippen LogP contribution in [0.4, 0.5) is 5.13 Å². The van der Waals surface area contributed by atoms with Gasteiger partial charge in [-0.1, -0.05) is 23.5 Å². The minimum Gasteiger partial charge on any atom is -0.497 e. The Morgan fingerprint density at radius 1 is 1.00 bits per heavy atom. The first-order valence-electron chi connectivity index (χ1n) is 9.32. The normalized spacial score (nSPS) is 12.6. The number of nitrogens with one attached hydrogen (secondary N) is 1. The summed E-state index contributed by atoms with van der Waals surface area (Å²) in [6, 6.07) is 11.6. The minimum absolute atomic E-state index is 0.183. The zero-order valence-electron chi connectivity index (χ0n) is 16.7. The number of rotatable bonds is 7. The van der Waals surface area contributed by atoms with Gasteiger partial charge in [-0.15, -0.1) is 10.2 Å². The van der Waals surface area contributed by atoms with E-state index in [2.05, 4.69) is 15.5 Å². The summed E-state index contributed by atoms with van der Waals surface area (Å²) in [6.45, 7) is 0.183. The van der Waals surface area contributed by atoms with Crippen molar-refractivity contribution in [2.24, 2.45) is 0 Å². The lowest BCUT2D eigenvalue weighted by atomic mass is 10.1. The number of benzene rings is 2. The summed E-state index contributed by atoms with van der Waals surface area (Å²) in [4.78, 5) is 38.6. The molecule has 2 heterocycles. The van der Waals surface area contributed by atoms with Crippen molar-refractivity contribution in [3.63, 3.8) is 0 Å². The predicted molar refractivity (Wildman–Crippen MR) is 113 cm³/mol. The van der Waals surface area contributed by atoms with Crippen LogP contribution in [-0.2, 0) is 6.42 Å². The zero-order chi connectivity index (χ0) is 22.0. The van der Waals surface area contributed by atoms with Crippen molar-refractivity contribution in [2.45, 2.75) is 6.42 Å². The first kappa shape index (κ1) is 20.5. The number of fused-ring (bicyclic) bond motifs is 1. The van der Waals surface area contributed by atoms with Crippen molar-refractivity contribution in [1.29, 1.82) is 0 Å². The lowest BCUT2D eigenvalue weighted by Crippen LogP contribution is -2.31. The Hall–Kier alpha value is -3.79. The summed E-state index contributed by atoms with van der Waals surface area (Å²) >= 11 is 1.18. The van der Waals surface area contributed by atoms with Crippen molar-refractivity contribution in [3.05, 3.63) is 64.2 Å². The fourth-order valence-corrected chi connectivity index (χ4v) is 3.89. The highest BCUT2D eigenvalue weighted by molar-refractivity contribution is 7.15. The van der Waals surface area contributed by atoms with Gasteiger partial charge in [0.25, 0.3) is 17.7 Å². The molecule has 0 aliphatic carbocycles. The SMILES string of the molecule is COc1cc(OC)cc(C(=O)Nc2nnc(CCN3C(=O)c4ccccc4C3=O)s2)c1. The molecule has 4 rings (SSSR count). The first-order valence-corrected chi connectivity index (χ1v) is 10.1. The van der Waals surface area contributed by atoms with E-state index in [1.54, 1.807) is 42.5 Å². The molecule has 1 aliphatic rings. The molecule has 158 valence electrons. The Labute approximate surface area is 181 Å². The van der Waals surface area contributed by atoms with Crippen LogP contribution >= 0.6 is 11.3 Å². The molecule has 0 saturated heterocycles. The number of hydrogen-bond donors (Lipinski definition) is 1. The molecular weight excluding hydrogens is 420 g/mol. The number of carbonyl (C=O) groups excluding carboxylic acids is 3. The number of anilines is 1. The number of methoxy groups -OCH3 is 2. The van der Waals surface area contributed by atoms with Crippen LogP contribution in [-0.4, -0.2) is 53.6 Å². The maximum Gasteiger partial charge on any atom is 0.261 e. The minimum atomic E-state index is -0.389. The summed E-state index contributed by atoms with van der Waals surface area (Å²) in [5.74, 6) is -0.0386. The first-order chi connectivity index (χ1) is 15.0. The van der Waals surface area contributed by atoms with E-state index in [0.717, 1.165) is 0 Å². The fourth-order valence-electron chi connectivity index (χ4n) is 3.16. The number of amides is 3. The molecule has 10 heteroatoms. The second-order valence-electron chi connectivity index (χ2n) is 6.61. The number of hydrogen-bond acceptors (Lipinski definition) is 8. The van der Waals surface area contributed by atoms with Gasteiger partial charge in [0.1, 0.15) is 16.5 Å². The highest BCUT2D eigenvalue weighted by atomic mass is 32.1. The van der Waals surface area contributed by atoms with Gasteiger partial charge in [-0.2, -0.15) is 0 Å². The number of aromatic nitrogens is 2. The molecule has 9 nitrogen and oxygen atoms in total. The lowest BCUT2D eigenvalue weighted by molar-refractivity contribution is 0.0655. The average molecular weight is 438 g/mol. The van der Waals surface area contributed by atoms with Crippen molar-refractivity contribution >= 4 is 34.2 Å². The third-order valence-corrected chi connectivity index (χ3v) is 5.63. The van der Waals surface area contributed by atoms with E-state index in [-0.39, 0.29) is 24.3 Å². The molecule has 0 bridgehead atoms. The number of ether oxygens (including phenoxy) is 2. The molecule has 0 atom stereocenters. The van der Waals surface area contributed by atoms with E-state index in [1.165, 1.54) is 30.5 Å². The van der Waals surface area contributed by atoms with Gasteiger partial charge < -0.3 is 9.47 Å². The van der Waals surface area contributed by atoms with Crippen LogP contribution in [0.15, 0.2) is 42.5 Å². The second-order valence-corrected chi connectivity index (χ2v) is 7.68. The van der Waals surface area contributed by atoms with Crippen LogP contribution in [0.2, 0.25) is 0 Å². The lowest BCUT2D eigenvalue weighted by Gasteiger charge is -2.12. The maximum absolute atomic E-state index is 12.6. The number of imide groups is 1. The molecule has 2 aromatic carbocycles. The highest BCUT2D eigenvalue weighted by Gasteiger charge is 2.34. The molecule has 0 unspecified atom stereocenters. The smallest absolute Gasteiger partial charge is 0.261 e. The topological polar surface area (TPSA) is 111 Å². The molecular formula is C21H18N4O5S. The van der Waals surface area contributed by atoms with E-state index < -0.39 is 0 Å². The van der Waals surface area contributed by atoms with Crippen LogP contribution in [0.1, 0.15) is 36.1 Å². The van der Waals surface area contributed by atoms with Gasteiger partial charge in [0.15, 0.2) is 0 Å². The predicted octanol–water partition coefficient (Wildman–Crippen LogP) is 2.65. The van der Waals surface area contributed by atoms with Gasteiger partial charge in [-0.25, -0.2) is 0 Å². The highest BCUT2D eigenvalue weighted by Crippen LogP contribution is 2.25. The van der Waals surface area contributed by atoms with Crippen LogP contribution in [0.3, 0.4) is 0 Å². The van der Waals surface area contributed by atoms with Crippen LogP contribution in [0, 0.1) is 0 Å². The van der Waals surface area contributed by atoms with E-state index in [1.807, 2.05) is 0 Å². The number of nitrogens with zero attached hydrogens (tertiary/aromatic N) is 3. The monoisotopic (exact) mass is 438 g/mol. The van der Waals surface area contributed by atoms with E-state index in [4.69, 9.17) is 9.47 Å². The van der Waals surface area contributed by atoms with Crippen molar-refractivity contribution in [2.75, 3.05) is 26.1 Å². The molecule has 3 amide bonds. The van der Waals surface area contributed by atoms with E-state index in [9.17, 15) is 14.4 Å². The van der Waals surface area contributed by atoms with Gasteiger partial charge in [0, 0.05) is 24.6 Å². The van der Waals surface area contributed by atoms with Crippen molar-refractivity contribution < 1.29 is 23.9 Å². The zero-order valence-corrected chi connectivity index (χ0v) is 17.6. The van der Waals surface area contributed by atoms with Gasteiger partial charge in [0.05, 0.1) is 25.3 Å². The molecule has 0 spiro atoms. The summed E-state index contributed by atoms with van der Waals surface area (Å²) in [6.07, 6.45) is 0.339. The standard InChI is InChI=1S/C21H18N4O5S/c1-29-13-9-12(10-14(11-13)30-2)18(26)22-21-24-23-17(31-21)7-8-25-19(27)15-5-3-4-6-16(15)20(25)28/h3-6,9-11H,7-8H2,1-2H3,(H,22,24,26). The molecule has 0 radical (unpaired) electrons. The van der Waals surface area contributed by atoms with Crippen molar-refractivity contribution in [1.82, 2.24) is 15.1 Å². The Morgan fingerprint density at radius 2 is 1.61 bits per heavy atom. The van der Waals surface area contributed by atoms with Crippen LogP contribution in [0.5, 0.6) is 11.5 Å². The second kappa shape index (κ2) is 8.52. The van der Waals surface area contributed by atoms with Gasteiger partial charge >= 0.3 is 0 Å². The summed E-state index contributed by atoms with van der Waals surface area (Å²) < 4.78 is 10.4. The summed E-state index contributed by atoms with van der Waals surface area (Å²) in [5.41, 5.74) is 1.16. The van der Waals surface area contributed by atoms with Crippen LogP contribution in [0.25, 0.3) is 0 Å². The van der Waals surface area contributed by atoms with E-state index in [0.29, 0.717) is 44.7 Å². The van der Waals surface area contributed by atoms with Gasteiger partial charge in [-0.3, -0.25) is 24.6 Å². The Kier molecular flexibility index (Phi) is 5.63. The Morgan fingerprint density at radius 3 is 2.19 bits per heavy atom. The average Bonchev–Trinajstić information content (AvgIpc) is 3.34. The van der Waals surface area contributed by atoms with Crippen LogP contribution < -0.4 is 14.8 Å². The van der Waals surface area contributed by atoms with Gasteiger partial charge in [-0.05, 0) is 24.3 Å². The quantitative estimate of drug-likeness (QED) is 0.565. The third kappa shape index (κ3) is 4.10. The van der Waals surface area contributed by atoms with E-state index >= 15 is 0 Å². The number of carbonyl (C=O) groups is 3. The third-order valence-electron chi connectivity index (χ3n) is 4.73. The molecule has 0 fully saturated rings. The largest absolute Gasteiger partial charge is 0.497 e. The molecule has 31 heavy (non-hydrogen) atoms. The Balaban J connectivity index is 1.40. The molecule has 0 saturated carbocycles. The summed E-state index contributed by atoms with van der Waals surface area (Å²) in [5, 5.41) is 11.6. The fraction of sp³-hybridized carbons (Fsp3) is 0.190. The van der Waals surface area contributed by atoms with Crippen molar-refractivity contribution in [3.8, 4) is 11.5 Å². The molecule has 1 aromatic heterocycles.